The van der Waals surface area contributed by atoms with Crippen LogP contribution in [0.3, 0.4) is 0 Å². The van der Waals surface area contributed by atoms with Crippen LogP contribution in [0.5, 0.6) is 0 Å². The third-order valence-corrected chi connectivity index (χ3v) is 11.8. The summed E-state index contributed by atoms with van der Waals surface area (Å²) in [5.41, 5.74) is 5.10. The van der Waals surface area contributed by atoms with E-state index < -0.39 is 58.8 Å². The number of pyridine rings is 1. The molecule has 0 aliphatic carbocycles. The van der Waals surface area contributed by atoms with Gasteiger partial charge in [0.2, 0.25) is 5.91 Å². The monoisotopic (exact) mass is 1040 g/mol. The zero-order valence-electron chi connectivity index (χ0n) is 45.4. The number of alkyl carbamates (subject to hydrolysis) is 1. The van der Waals surface area contributed by atoms with Gasteiger partial charge in [-0.15, -0.1) is 0 Å². The van der Waals surface area contributed by atoms with Crippen molar-refractivity contribution in [2.24, 2.45) is 22.7 Å². The van der Waals surface area contributed by atoms with Gasteiger partial charge in [-0.1, -0.05) is 109 Å². The van der Waals surface area contributed by atoms with Gasteiger partial charge in [-0.25, -0.2) is 9.80 Å². The maximum Gasteiger partial charge on any atom is 0.407 e. The van der Waals surface area contributed by atoms with Crippen LogP contribution in [0.4, 0.5) is 4.79 Å². The Labute approximate surface area is 439 Å². The van der Waals surface area contributed by atoms with Crippen molar-refractivity contribution in [1.29, 1.82) is 0 Å². The summed E-state index contributed by atoms with van der Waals surface area (Å²) in [6, 6.07) is 22.0. The van der Waals surface area contributed by atoms with E-state index in [2.05, 4.69) is 15.7 Å². The molecule has 0 fully saturated rings. The van der Waals surface area contributed by atoms with Gasteiger partial charge in [0, 0.05) is 44.2 Å². The number of hydrazine groups is 1. The number of ether oxygens (including phenoxy) is 9. The number of ketones is 1. The van der Waals surface area contributed by atoms with Crippen molar-refractivity contribution in [3.05, 3.63) is 90.1 Å². The molecule has 0 bridgehead atoms. The van der Waals surface area contributed by atoms with Crippen molar-refractivity contribution >= 4 is 29.7 Å². The van der Waals surface area contributed by atoms with Crippen LogP contribution in [-0.2, 0) is 74.8 Å². The van der Waals surface area contributed by atoms with Crippen LogP contribution in [0.25, 0.3) is 11.3 Å². The Morgan fingerprint density at radius 3 is 1.72 bits per heavy atom. The summed E-state index contributed by atoms with van der Waals surface area (Å²) in [4.78, 5) is 73.1. The molecule has 3 rings (SSSR count). The molecular formula is C56H84N4O14. The van der Waals surface area contributed by atoms with Crippen LogP contribution >= 0.6 is 0 Å². The number of hydrogen-bond donors (Lipinski definition) is 2. The Kier molecular flexibility index (Phi) is 29.8. The molecule has 3 aromatic rings. The van der Waals surface area contributed by atoms with Gasteiger partial charge in [0.25, 0.3) is 0 Å². The highest BCUT2D eigenvalue weighted by Crippen LogP contribution is 2.31. The molecule has 0 aliphatic rings. The molecule has 18 heteroatoms. The Bertz CT molecular complexity index is 2050. The van der Waals surface area contributed by atoms with E-state index >= 15 is 0 Å². The van der Waals surface area contributed by atoms with Gasteiger partial charge >= 0.3 is 18.0 Å². The molecule has 0 spiro atoms. The first-order chi connectivity index (χ1) is 35.4. The molecule has 2 aromatic carbocycles. The lowest BCUT2D eigenvalue weighted by atomic mass is 9.78. The van der Waals surface area contributed by atoms with Gasteiger partial charge in [0.1, 0.15) is 12.7 Å². The minimum Gasteiger partial charge on any atom is -0.469 e. The largest absolute Gasteiger partial charge is 0.469 e. The smallest absolute Gasteiger partial charge is 0.407 e. The van der Waals surface area contributed by atoms with Crippen LogP contribution in [-0.4, -0.2) is 152 Å². The lowest BCUT2D eigenvalue weighted by molar-refractivity contribution is -0.156. The highest BCUT2D eigenvalue weighted by atomic mass is 16.6. The minimum absolute atomic E-state index is 0.0277. The molecule has 18 nitrogen and oxygen atoms in total. The maximum atomic E-state index is 14.7. The average molecular weight is 1040 g/mol. The van der Waals surface area contributed by atoms with Crippen molar-refractivity contribution in [1.82, 2.24) is 20.7 Å². The second-order valence-corrected chi connectivity index (χ2v) is 20.0. The molecule has 2 N–H and O–H groups in total. The molecule has 0 saturated carbocycles. The average Bonchev–Trinajstić information content (AvgIpc) is 3.36. The van der Waals surface area contributed by atoms with Gasteiger partial charge in [-0.3, -0.25) is 29.6 Å². The highest BCUT2D eigenvalue weighted by molar-refractivity contribution is 5.88. The van der Waals surface area contributed by atoms with Crippen LogP contribution in [0.1, 0.15) is 85.3 Å². The first-order valence-corrected chi connectivity index (χ1v) is 25.6. The number of aromatic nitrogens is 1. The van der Waals surface area contributed by atoms with E-state index in [0.29, 0.717) is 72.3 Å². The van der Waals surface area contributed by atoms with E-state index in [9.17, 15) is 24.0 Å². The highest BCUT2D eigenvalue weighted by Gasteiger charge is 2.39. The van der Waals surface area contributed by atoms with Crippen LogP contribution in [0.15, 0.2) is 79.0 Å². The van der Waals surface area contributed by atoms with Gasteiger partial charge < -0.3 is 47.9 Å². The molecular weight excluding hydrogens is 953 g/mol. The number of methoxy groups -OCH3 is 2. The molecule has 2 amide bonds. The van der Waals surface area contributed by atoms with E-state index in [0.717, 1.165) is 22.4 Å². The molecule has 0 aliphatic heterocycles. The molecule has 1 aromatic heterocycles. The Hall–Kier alpha value is -5.34. The van der Waals surface area contributed by atoms with Gasteiger partial charge in [-0.05, 0) is 46.9 Å². The fraction of sp³-hybridized carbons (Fsp3) is 0.607. The minimum atomic E-state index is -0.997. The molecule has 0 unspecified atom stereocenters. The van der Waals surface area contributed by atoms with Crippen LogP contribution in [0.2, 0.25) is 0 Å². The van der Waals surface area contributed by atoms with E-state index in [1.54, 1.807) is 18.3 Å². The van der Waals surface area contributed by atoms with Crippen molar-refractivity contribution in [3.63, 3.8) is 0 Å². The normalized spacial score (nSPS) is 13.4. The van der Waals surface area contributed by atoms with Gasteiger partial charge in [0.15, 0.2) is 5.78 Å². The Balaban J connectivity index is 1.76. The van der Waals surface area contributed by atoms with Crippen LogP contribution < -0.4 is 10.7 Å². The molecule has 412 valence electrons. The zero-order valence-corrected chi connectivity index (χ0v) is 45.4. The first-order valence-electron chi connectivity index (χ1n) is 25.6. The molecule has 1 heterocycles. The molecule has 74 heavy (non-hydrogen) atoms. The number of hydrogen-bond acceptors (Lipinski definition) is 16. The number of carbonyl (C=O) groups is 5. The summed E-state index contributed by atoms with van der Waals surface area (Å²) in [6.45, 7) is 17.6. The van der Waals surface area contributed by atoms with E-state index in [-0.39, 0.29) is 58.0 Å². The Morgan fingerprint density at radius 1 is 0.635 bits per heavy atom. The van der Waals surface area contributed by atoms with E-state index in [1.165, 1.54) is 7.11 Å². The zero-order chi connectivity index (χ0) is 54.2. The summed E-state index contributed by atoms with van der Waals surface area (Å²) in [6.07, 6.45) is 0.700. The predicted octanol–water partition coefficient (Wildman–Crippen LogP) is 7.21. The second-order valence-electron chi connectivity index (χ2n) is 20.0. The topological polar surface area (TPSA) is 209 Å². The number of esters is 2. The quantitative estimate of drug-likeness (QED) is 0.0253. The van der Waals surface area contributed by atoms with Crippen molar-refractivity contribution in [2.45, 2.75) is 99.3 Å². The standard InChI is InChI=1S/C56H84N4O14/c1-10-16-50(62)74-49(41-60(59-53(64)46(55(2,3)4)39-51(63)67-9)40-43-20-22-44(23-21-43)47-19-14-15-24-57-47)45(37-42-17-12-11-13-18-42)38-48(61)52(56(5,6)7)58-54(65)73-36-35-72-34-33-71-32-31-70-30-29-69-28-27-68-26-25-66-8/h11-15,17-24,45-46,49,52H,10,16,25-41H2,1-9H3,(H,58,65)(H,59,64)/t45-,46-,49+,52-/m1/s1. The summed E-state index contributed by atoms with van der Waals surface area (Å²) < 4.78 is 49.1. The number of nitrogens with zero attached hydrogens (tertiary/aromatic N) is 2. The fourth-order valence-corrected chi connectivity index (χ4v) is 7.78. The summed E-state index contributed by atoms with van der Waals surface area (Å²) in [7, 11) is 2.91. The van der Waals surface area contributed by atoms with Crippen molar-refractivity contribution in [2.75, 3.05) is 100 Å². The third-order valence-electron chi connectivity index (χ3n) is 11.8. The van der Waals surface area contributed by atoms with Crippen molar-refractivity contribution in [3.8, 4) is 11.3 Å². The fourth-order valence-electron chi connectivity index (χ4n) is 7.78. The van der Waals surface area contributed by atoms with Gasteiger partial charge in [-0.2, -0.15) is 0 Å². The number of nitrogens with one attached hydrogen (secondary N) is 2. The van der Waals surface area contributed by atoms with Gasteiger partial charge in [0.05, 0.1) is 110 Å². The maximum absolute atomic E-state index is 14.7. The predicted molar refractivity (Wildman–Crippen MR) is 280 cm³/mol. The summed E-state index contributed by atoms with van der Waals surface area (Å²) in [5.74, 6) is -3.14. The summed E-state index contributed by atoms with van der Waals surface area (Å²) >= 11 is 0. The number of amides is 2. The number of rotatable bonds is 37. The van der Waals surface area contributed by atoms with Crippen molar-refractivity contribution < 1.29 is 66.6 Å². The van der Waals surface area contributed by atoms with E-state index in [1.807, 2.05) is 121 Å². The lowest BCUT2D eigenvalue weighted by Gasteiger charge is -2.36. The number of carbonyl (C=O) groups excluding carboxylic acids is 5. The summed E-state index contributed by atoms with van der Waals surface area (Å²) in [5, 5.41) is 4.49. The number of benzene rings is 2. The molecule has 0 radical (unpaired) electrons. The Morgan fingerprint density at radius 2 is 1.20 bits per heavy atom. The SMILES string of the molecule is CCCC(=O)O[C@@H](CN(Cc1ccc(-c2ccccn2)cc1)NC(=O)[C@@H](CC(=O)OC)C(C)(C)C)[C@@H](CC(=O)[C@@H](NC(=O)OCCOCCOCCOCCOCCOCCOC)C(C)(C)C)Cc1ccccc1. The molecule has 0 saturated heterocycles. The second kappa shape index (κ2) is 35.0. The third kappa shape index (κ3) is 25.7. The first kappa shape index (κ1) is 63.0. The number of Topliss-reactive ketones (excluding diaryl/α,β-unsaturated/α-hetero) is 1. The van der Waals surface area contributed by atoms with E-state index in [4.69, 9.17) is 42.6 Å². The molecule has 4 atom stereocenters. The lowest BCUT2D eigenvalue weighted by Crippen LogP contribution is -2.53. The van der Waals surface area contributed by atoms with Crippen LogP contribution in [0, 0.1) is 22.7 Å².